The smallest absolute Gasteiger partial charge is 0.330 e. The van der Waals surface area contributed by atoms with E-state index in [0.29, 0.717) is 22.3 Å². The third-order valence-corrected chi connectivity index (χ3v) is 5.38. The minimum absolute atomic E-state index is 0.178. The van der Waals surface area contributed by atoms with E-state index in [0.717, 1.165) is 0 Å². The van der Waals surface area contributed by atoms with Gasteiger partial charge in [-0.2, -0.15) is 0 Å². The van der Waals surface area contributed by atoms with E-state index in [1.54, 1.807) is 42.5 Å². The van der Waals surface area contributed by atoms with E-state index in [-0.39, 0.29) is 15.6 Å². The van der Waals surface area contributed by atoms with E-state index in [1.165, 1.54) is 17.3 Å². The van der Waals surface area contributed by atoms with Crippen molar-refractivity contribution in [3.05, 3.63) is 88.5 Å². The molecule has 2 aliphatic carbocycles. The molecule has 7 nitrogen and oxygen atoms in total. The van der Waals surface area contributed by atoms with Crippen LogP contribution in [-0.4, -0.2) is 16.9 Å². The third kappa shape index (κ3) is 4.44. The van der Waals surface area contributed by atoms with Crippen molar-refractivity contribution in [2.75, 3.05) is 10.7 Å². The van der Waals surface area contributed by atoms with Gasteiger partial charge in [-0.1, -0.05) is 65.7 Å². The fourth-order valence-electron chi connectivity index (χ4n) is 3.08. The van der Waals surface area contributed by atoms with Crippen molar-refractivity contribution < 1.29 is 9.59 Å². The summed E-state index contributed by atoms with van der Waals surface area (Å²) < 4.78 is 0. The average molecular weight is 466 g/mol. The predicted molar refractivity (Wildman–Crippen MR) is 128 cm³/mol. The van der Waals surface area contributed by atoms with Gasteiger partial charge >= 0.3 is 6.03 Å². The third-order valence-electron chi connectivity index (χ3n) is 4.75. The highest BCUT2D eigenvalue weighted by molar-refractivity contribution is 6.40. The lowest BCUT2D eigenvalue weighted by atomic mass is 9.95. The largest absolute Gasteiger partial charge is 0.350 e. The molecule has 0 atom stereocenters. The molecule has 0 unspecified atom stereocenters. The molecule has 3 amide bonds. The number of pyridine rings is 1. The highest BCUT2D eigenvalue weighted by Crippen LogP contribution is 2.30. The zero-order valence-corrected chi connectivity index (χ0v) is 18.0. The van der Waals surface area contributed by atoms with Gasteiger partial charge in [0.2, 0.25) is 0 Å². The first-order chi connectivity index (χ1) is 15.4. The van der Waals surface area contributed by atoms with E-state index in [9.17, 15) is 9.59 Å². The minimum Gasteiger partial charge on any atom is -0.350 e. The number of rotatable bonds is 4. The molecule has 1 heterocycles. The molecule has 160 valence electrons. The number of hydrogen-bond acceptors (Lipinski definition) is 4. The Hall–Kier alpha value is -3.81. The van der Waals surface area contributed by atoms with E-state index in [4.69, 9.17) is 28.9 Å². The predicted octanol–water partition coefficient (Wildman–Crippen LogP) is 5.46. The van der Waals surface area contributed by atoms with E-state index < -0.39 is 11.9 Å². The van der Waals surface area contributed by atoms with Gasteiger partial charge in [0.25, 0.3) is 5.91 Å². The molecular weight excluding hydrogens is 449 g/mol. The van der Waals surface area contributed by atoms with Gasteiger partial charge in [0.15, 0.2) is 0 Å². The summed E-state index contributed by atoms with van der Waals surface area (Å²) in [5.74, 6) is -0.455. The second-order valence-corrected chi connectivity index (χ2v) is 7.62. The summed E-state index contributed by atoms with van der Waals surface area (Å²) in [5.41, 5.74) is 14.6. The summed E-state index contributed by atoms with van der Waals surface area (Å²) in [6, 6.07) is 19.5. The molecule has 1 aromatic heterocycles. The number of nitrogens with one attached hydrogen (secondary N) is 3. The quantitative estimate of drug-likeness (QED) is 0.264. The van der Waals surface area contributed by atoms with Gasteiger partial charge in [-0.15, -0.1) is 0 Å². The lowest BCUT2D eigenvalue weighted by Crippen LogP contribution is -2.34. The number of hydrazine groups is 1. The van der Waals surface area contributed by atoms with Gasteiger partial charge in [-0.25, -0.2) is 4.79 Å². The zero-order valence-electron chi connectivity index (χ0n) is 16.5. The highest BCUT2D eigenvalue weighted by Gasteiger charge is 2.16. The zero-order chi connectivity index (χ0) is 22.7. The lowest BCUT2D eigenvalue weighted by molar-refractivity contribution is 0.102. The van der Waals surface area contributed by atoms with Gasteiger partial charge in [0, 0.05) is 11.6 Å². The number of amides is 3. The molecule has 3 aromatic rings. The molecule has 2 aromatic carbocycles. The minimum atomic E-state index is -0.729. The first kappa shape index (κ1) is 21.4. The molecular formula is C23H17Cl2N5O2. The number of benzene rings is 3. The summed E-state index contributed by atoms with van der Waals surface area (Å²) in [7, 11) is 0. The molecule has 0 spiro atoms. The number of fused-ring (bicyclic) bond motifs is 2. The standard InChI is InChI=1S/C17H13Cl2N5O2.C6H4/c18-10-4-2-5-11(19)14(10)16(25)22-13-6-1-3-9-12(23-24-17(20)26)7-8-21-15(9)13;1-2-6-4-3-5(1)6/h1-8H,(H,21,23)(H,22,25)(H3,20,24,26);1-4H. The maximum absolute atomic E-state index is 12.6. The second-order valence-electron chi connectivity index (χ2n) is 6.80. The van der Waals surface area contributed by atoms with Crippen LogP contribution in [0.5, 0.6) is 0 Å². The highest BCUT2D eigenvalue weighted by atomic mass is 35.5. The van der Waals surface area contributed by atoms with Crippen molar-refractivity contribution in [2.24, 2.45) is 5.73 Å². The first-order valence-electron chi connectivity index (χ1n) is 9.49. The van der Waals surface area contributed by atoms with E-state index in [2.05, 4.69) is 45.4 Å². The van der Waals surface area contributed by atoms with Crippen LogP contribution in [0.3, 0.4) is 0 Å². The summed E-state index contributed by atoms with van der Waals surface area (Å²) in [6.45, 7) is 0. The fourth-order valence-corrected chi connectivity index (χ4v) is 3.65. The number of nitrogens with two attached hydrogens (primary N) is 1. The number of primary amides is 1. The van der Waals surface area contributed by atoms with Gasteiger partial charge < -0.3 is 11.1 Å². The fraction of sp³-hybridized carbons (Fsp3) is 0. The molecule has 0 radical (unpaired) electrons. The van der Waals surface area contributed by atoms with Crippen molar-refractivity contribution in [2.45, 2.75) is 0 Å². The van der Waals surface area contributed by atoms with Gasteiger partial charge in [-0.3, -0.25) is 20.6 Å². The Balaban J connectivity index is 0.000000346. The van der Waals surface area contributed by atoms with Gasteiger partial charge in [0.1, 0.15) is 0 Å². The second kappa shape index (κ2) is 9.13. The van der Waals surface area contributed by atoms with Crippen LogP contribution in [0, 0.1) is 0 Å². The topological polar surface area (TPSA) is 109 Å². The Kier molecular flexibility index (Phi) is 6.11. The van der Waals surface area contributed by atoms with Crippen molar-refractivity contribution in [1.29, 1.82) is 0 Å². The molecule has 32 heavy (non-hydrogen) atoms. The van der Waals surface area contributed by atoms with Crippen LogP contribution in [0.15, 0.2) is 72.9 Å². The number of carbonyl (C=O) groups excluding carboxylic acids is 2. The molecule has 0 bridgehead atoms. The molecule has 5 N–H and O–H groups in total. The molecule has 0 aliphatic heterocycles. The van der Waals surface area contributed by atoms with Crippen LogP contribution in [0.4, 0.5) is 16.2 Å². The maximum Gasteiger partial charge on any atom is 0.330 e. The first-order valence-corrected chi connectivity index (χ1v) is 10.2. The molecule has 0 fully saturated rings. The van der Waals surface area contributed by atoms with Crippen LogP contribution < -0.4 is 21.9 Å². The van der Waals surface area contributed by atoms with Gasteiger partial charge in [-0.05, 0) is 35.4 Å². The average Bonchev–Trinajstić information content (AvgIpc) is 2.75. The number of hydrogen-bond donors (Lipinski definition) is 4. The van der Waals surface area contributed by atoms with Crippen LogP contribution in [0.25, 0.3) is 22.0 Å². The lowest BCUT2D eigenvalue weighted by Gasteiger charge is -2.13. The molecule has 5 rings (SSSR count). The number of anilines is 2. The number of nitrogens with zero attached hydrogens (tertiary/aromatic N) is 1. The number of halogens is 2. The molecule has 9 heteroatoms. The molecule has 2 aliphatic rings. The number of carbonyl (C=O) groups is 2. The summed E-state index contributed by atoms with van der Waals surface area (Å²) in [5, 5.41) is 3.93. The number of para-hydroxylation sites is 1. The normalized spacial score (nSPS) is 10.6. The van der Waals surface area contributed by atoms with E-state index in [1.807, 2.05) is 0 Å². The monoisotopic (exact) mass is 465 g/mol. The number of aromatic nitrogens is 1. The van der Waals surface area contributed by atoms with E-state index >= 15 is 0 Å². The molecule has 0 saturated carbocycles. The van der Waals surface area contributed by atoms with Crippen molar-refractivity contribution >= 4 is 57.4 Å². The Labute approximate surface area is 193 Å². The summed E-state index contributed by atoms with van der Waals surface area (Å²) in [4.78, 5) is 27.8. The Morgan fingerprint density at radius 3 is 2.00 bits per heavy atom. The Bertz CT molecular complexity index is 1280. The summed E-state index contributed by atoms with van der Waals surface area (Å²) in [6.07, 6.45) is 1.53. The molecule has 0 saturated heterocycles. The van der Waals surface area contributed by atoms with Crippen LogP contribution in [-0.2, 0) is 0 Å². The van der Waals surface area contributed by atoms with Crippen LogP contribution in [0.2, 0.25) is 10.0 Å². The number of urea groups is 1. The van der Waals surface area contributed by atoms with Gasteiger partial charge in [0.05, 0.1) is 32.5 Å². The van der Waals surface area contributed by atoms with Crippen LogP contribution >= 0.6 is 23.2 Å². The van der Waals surface area contributed by atoms with Crippen molar-refractivity contribution in [1.82, 2.24) is 10.4 Å². The Morgan fingerprint density at radius 1 is 0.812 bits per heavy atom. The van der Waals surface area contributed by atoms with Crippen molar-refractivity contribution in [3.8, 4) is 11.1 Å². The van der Waals surface area contributed by atoms with Crippen LogP contribution in [0.1, 0.15) is 10.4 Å². The maximum atomic E-state index is 12.6. The Morgan fingerprint density at radius 2 is 1.44 bits per heavy atom. The SMILES string of the molecule is NC(=O)NNc1ccnc2c(NC(=O)c3c(Cl)cccc3Cl)cccc12.c1cc2ccc1-2. The summed E-state index contributed by atoms with van der Waals surface area (Å²) >= 11 is 12.2. The van der Waals surface area contributed by atoms with Crippen molar-refractivity contribution in [3.63, 3.8) is 0 Å².